The Labute approximate surface area is 112 Å². The SMILES string of the molecule is CCc1nc(Cl)cc(NCCNC(=O)N(C)C)n1. The van der Waals surface area contributed by atoms with Crippen LogP contribution in [-0.2, 0) is 6.42 Å². The van der Waals surface area contributed by atoms with Crippen LogP contribution in [0.4, 0.5) is 10.6 Å². The second-order valence-corrected chi connectivity index (χ2v) is 4.29. The molecular formula is C11H18ClN5O. The lowest BCUT2D eigenvalue weighted by Crippen LogP contribution is -2.37. The normalized spacial score (nSPS) is 10.0. The molecule has 2 amide bonds. The fourth-order valence-corrected chi connectivity index (χ4v) is 1.43. The van der Waals surface area contributed by atoms with Crippen molar-refractivity contribution in [3.63, 3.8) is 0 Å². The van der Waals surface area contributed by atoms with Gasteiger partial charge in [-0.15, -0.1) is 0 Å². The molecule has 0 saturated carbocycles. The smallest absolute Gasteiger partial charge is 0.316 e. The Morgan fingerprint density at radius 1 is 1.39 bits per heavy atom. The molecule has 6 nitrogen and oxygen atoms in total. The summed E-state index contributed by atoms with van der Waals surface area (Å²) in [6, 6.07) is 1.54. The first-order valence-corrected chi connectivity index (χ1v) is 6.13. The van der Waals surface area contributed by atoms with Crippen LogP contribution in [0.15, 0.2) is 6.07 Å². The van der Waals surface area contributed by atoms with Crippen LogP contribution in [0.5, 0.6) is 0 Å². The van der Waals surface area contributed by atoms with Gasteiger partial charge in [0.1, 0.15) is 16.8 Å². The van der Waals surface area contributed by atoms with Crippen molar-refractivity contribution in [2.45, 2.75) is 13.3 Å². The number of halogens is 1. The average Bonchev–Trinajstić information content (AvgIpc) is 2.33. The molecule has 18 heavy (non-hydrogen) atoms. The minimum Gasteiger partial charge on any atom is -0.368 e. The standard InChI is InChI=1S/C11H18ClN5O/c1-4-9-15-8(12)7-10(16-9)13-5-6-14-11(18)17(2)3/h7H,4-6H2,1-3H3,(H,14,18)(H,13,15,16). The lowest BCUT2D eigenvalue weighted by molar-refractivity contribution is 0.218. The van der Waals surface area contributed by atoms with E-state index in [0.29, 0.717) is 29.9 Å². The lowest BCUT2D eigenvalue weighted by Gasteiger charge is -2.12. The summed E-state index contributed by atoms with van der Waals surface area (Å²) >= 11 is 5.87. The highest BCUT2D eigenvalue weighted by Gasteiger charge is 2.03. The Hall–Kier alpha value is -1.56. The molecular weight excluding hydrogens is 254 g/mol. The number of aryl methyl sites for hydroxylation is 1. The number of hydrogen-bond donors (Lipinski definition) is 2. The van der Waals surface area contributed by atoms with Crippen molar-refractivity contribution < 1.29 is 4.79 Å². The molecule has 1 rings (SSSR count). The third-order valence-electron chi connectivity index (χ3n) is 2.17. The summed E-state index contributed by atoms with van der Waals surface area (Å²) in [7, 11) is 3.39. The minimum absolute atomic E-state index is 0.119. The number of nitrogens with zero attached hydrogens (tertiary/aromatic N) is 3. The van der Waals surface area contributed by atoms with Crippen molar-refractivity contribution >= 4 is 23.4 Å². The number of urea groups is 1. The van der Waals surface area contributed by atoms with E-state index in [1.807, 2.05) is 6.92 Å². The van der Waals surface area contributed by atoms with E-state index in [-0.39, 0.29) is 6.03 Å². The number of rotatable bonds is 5. The summed E-state index contributed by atoms with van der Waals surface area (Å²) < 4.78 is 0. The molecule has 100 valence electrons. The van der Waals surface area contributed by atoms with Gasteiger partial charge in [0, 0.05) is 39.7 Å². The summed E-state index contributed by atoms with van der Waals surface area (Å²) in [6.07, 6.45) is 0.729. The van der Waals surface area contributed by atoms with E-state index in [2.05, 4.69) is 20.6 Å². The minimum atomic E-state index is -0.119. The number of carbonyl (C=O) groups excluding carboxylic acids is 1. The largest absolute Gasteiger partial charge is 0.368 e. The molecule has 2 N–H and O–H groups in total. The molecule has 1 aromatic rings. The van der Waals surface area contributed by atoms with Gasteiger partial charge >= 0.3 is 6.03 Å². The molecule has 0 aliphatic rings. The molecule has 0 aromatic carbocycles. The van der Waals surface area contributed by atoms with Crippen LogP contribution in [0.25, 0.3) is 0 Å². The number of carbonyl (C=O) groups is 1. The van der Waals surface area contributed by atoms with E-state index in [1.54, 1.807) is 20.2 Å². The zero-order valence-corrected chi connectivity index (χ0v) is 11.6. The fourth-order valence-electron chi connectivity index (χ4n) is 1.23. The predicted octanol–water partition coefficient (Wildman–Crippen LogP) is 1.38. The van der Waals surface area contributed by atoms with Crippen LogP contribution in [-0.4, -0.2) is 48.1 Å². The van der Waals surface area contributed by atoms with Crippen molar-refractivity contribution in [1.29, 1.82) is 0 Å². The summed E-state index contributed by atoms with van der Waals surface area (Å²) in [4.78, 5) is 21.1. The molecule has 1 heterocycles. The molecule has 0 aliphatic heterocycles. The van der Waals surface area contributed by atoms with Crippen molar-refractivity contribution in [3.8, 4) is 0 Å². The van der Waals surface area contributed by atoms with E-state index < -0.39 is 0 Å². The van der Waals surface area contributed by atoms with E-state index in [1.165, 1.54) is 4.90 Å². The highest BCUT2D eigenvalue weighted by molar-refractivity contribution is 6.29. The number of nitrogens with one attached hydrogen (secondary N) is 2. The van der Waals surface area contributed by atoms with Gasteiger partial charge in [0.15, 0.2) is 0 Å². The van der Waals surface area contributed by atoms with Crippen LogP contribution in [0.1, 0.15) is 12.7 Å². The number of aromatic nitrogens is 2. The van der Waals surface area contributed by atoms with Crippen LogP contribution in [0.3, 0.4) is 0 Å². The number of anilines is 1. The Balaban J connectivity index is 2.39. The third kappa shape index (κ3) is 4.75. The third-order valence-corrected chi connectivity index (χ3v) is 2.36. The monoisotopic (exact) mass is 271 g/mol. The lowest BCUT2D eigenvalue weighted by atomic mass is 10.4. The average molecular weight is 272 g/mol. The molecule has 0 unspecified atom stereocenters. The molecule has 7 heteroatoms. The molecule has 1 aromatic heterocycles. The van der Waals surface area contributed by atoms with Gasteiger partial charge in [0.05, 0.1) is 0 Å². The first-order valence-electron chi connectivity index (χ1n) is 5.75. The van der Waals surface area contributed by atoms with E-state index in [9.17, 15) is 4.79 Å². The van der Waals surface area contributed by atoms with Gasteiger partial charge < -0.3 is 15.5 Å². The first kappa shape index (κ1) is 14.5. The Bertz CT molecular complexity index is 410. The first-order chi connectivity index (χ1) is 8.52. The zero-order chi connectivity index (χ0) is 13.5. The quantitative estimate of drug-likeness (QED) is 0.627. The van der Waals surface area contributed by atoms with Gasteiger partial charge in [-0.1, -0.05) is 18.5 Å². The molecule has 0 aliphatic carbocycles. The van der Waals surface area contributed by atoms with Gasteiger partial charge in [-0.2, -0.15) is 0 Å². The molecule has 0 spiro atoms. The summed E-state index contributed by atoms with van der Waals surface area (Å²) in [5.41, 5.74) is 0. The highest BCUT2D eigenvalue weighted by atomic mass is 35.5. The van der Waals surface area contributed by atoms with Crippen molar-refractivity contribution in [2.75, 3.05) is 32.5 Å². The van der Waals surface area contributed by atoms with E-state index in [4.69, 9.17) is 11.6 Å². The van der Waals surface area contributed by atoms with Crippen molar-refractivity contribution in [1.82, 2.24) is 20.2 Å². The molecule has 0 bridgehead atoms. The molecule has 0 saturated heterocycles. The van der Waals surface area contributed by atoms with Crippen molar-refractivity contribution in [2.24, 2.45) is 0 Å². The van der Waals surface area contributed by atoms with Gasteiger partial charge in [0.2, 0.25) is 0 Å². The van der Waals surface area contributed by atoms with E-state index >= 15 is 0 Å². The maximum absolute atomic E-state index is 11.2. The summed E-state index contributed by atoms with van der Waals surface area (Å²) in [5.74, 6) is 1.37. The predicted molar refractivity (Wildman–Crippen MR) is 72.0 cm³/mol. The Morgan fingerprint density at radius 2 is 2.11 bits per heavy atom. The van der Waals surface area contributed by atoms with Gasteiger partial charge in [0.25, 0.3) is 0 Å². The molecule has 0 atom stereocenters. The van der Waals surface area contributed by atoms with Crippen LogP contribution < -0.4 is 10.6 Å². The summed E-state index contributed by atoms with van der Waals surface area (Å²) in [6.45, 7) is 3.06. The maximum Gasteiger partial charge on any atom is 0.316 e. The second-order valence-electron chi connectivity index (χ2n) is 3.90. The van der Waals surface area contributed by atoms with Crippen LogP contribution in [0, 0.1) is 0 Å². The highest BCUT2D eigenvalue weighted by Crippen LogP contribution is 2.11. The summed E-state index contributed by atoms with van der Waals surface area (Å²) in [5, 5.41) is 6.25. The Kier molecular flexibility index (Phi) is 5.64. The van der Waals surface area contributed by atoms with E-state index in [0.717, 1.165) is 6.42 Å². The molecule has 0 fully saturated rings. The topological polar surface area (TPSA) is 70.2 Å². The van der Waals surface area contributed by atoms with Crippen LogP contribution in [0.2, 0.25) is 5.15 Å². The fraction of sp³-hybridized carbons (Fsp3) is 0.545. The van der Waals surface area contributed by atoms with Gasteiger partial charge in [-0.05, 0) is 0 Å². The van der Waals surface area contributed by atoms with Gasteiger partial charge in [-0.3, -0.25) is 0 Å². The Morgan fingerprint density at radius 3 is 2.72 bits per heavy atom. The zero-order valence-electron chi connectivity index (χ0n) is 10.8. The second kappa shape index (κ2) is 7.00. The van der Waals surface area contributed by atoms with Crippen LogP contribution >= 0.6 is 11.6 Å². The number of amides is 2. The maximum atomic E-state index is 11.2. The molecule has 0 radical (unpaired) electrons. The van der Waals surface area contributed by atoms with Gasteiger partial charge in [-0.25, -0.2) is 14.8 Å². The van der Waals surface area contributed by atoms with Crippen molar-refractivity contribution in [3.05, 3.63) is 17.0 Å². The number of hydrogen-bond acceptors (Lipinski definition) is 4.